The van der Waals surface area contributed by atoms with Gasteiger partial charge in [-0.25, -0.2) is 0 Å². The molecule has 0 aromatic heterocycles. The zero-order chi connectivity index (χ0) is 13.7. The summed E-state index contributed by atoms with van der Waals surface area (Å²) in [6.07, 6.45) is 17.7. The van der Waals surface area contributed by atoms with E-state index in [2.05, 4.69) is 19.9 Å². The fourth-order valence-electron chi connectivity index (χ4n) is 3.67. The highest BCUT2D eigenvalue weighted by Gasteiger charge is 2.37. The molecule has 0 aromatic carbocycles. The minimum Gasteiger partial charge on any atom is -0.290 e. The van der Waals surface area contributed by atoms with Crippen LogP contribution < -0.4 is 0 Å². The van der Waals surface area contributed by atoms with E-state index in [1.54, 1.807) is 6.08 Å². The van der Waals surface area contributed by atoms with E-state index in [9.17, 15) is 4.79 Å². The van der Waals surface area contributed by atoms with E-state index >= 15 is 0 Å². The minimum atomic E-state index is 0.190. The van der Waals surface area contributed by atoms with Gasteiger partial charge in [0.05, 0.1) is 0 Å². The van der Waals surface area contributed by atoms with Crippen LogP contribution in [0.15, 0.2) is 23.8 Å². The minimum absolute atomic E-state index is 0.190. The number of allylic oxidation sites excluding steroid dienone is 4. The third kappa shape index (κ3) is 4.06. The summed E-state index contributed by atoms with van der Waals surface area (Å²) in [6.45, 7) is 4.68. The zero-order valence-corrected chi connectivity index (χ0v) is 12.6. The van der Waals surface area contributed by atoms with E-state index < -0.39 is 0 Å². The maximum Gasteiger partial charge on any atom is 0.178 e. The second kappa shape index (κ2) is 6.54. The average Bonchev–Trinajstić information content (AvgIpc) is 2.69. The molecule has 0 amide bonds. The summed E-state index contributed by atoms with van der Waals surface area (Å²) in [5.74, 6) is 0.748. The third-order valence-corrected chi connectivity index (χ3v) is 4.77. The number of carbonyl (C=O) groups excluding carboxylic acids is 1. The Balaban J connectivity index is 1.74. The van der Waals surface area contributed by atoms with Gasteiger partial charge in [0.15, 0.2) is 5.78 Å². The Labute approximate surface area is 118 Å². The molecule has 1 saturated carbocycles. The van der Waals surface area contributed by atoms with Crippen molar-refractivity contribution in [2.24, 2.45) is 11.3 Å². The standard InChI is InChI=1S/C18H28O/c1-3-4-5-6-7-8-11-18(2)13-15-9-10-17(19)12-16(15)14-18/h9-10,12,15H,3-8,11,13-14H2,1-2H3. The fourth-order valence-corrected chi connectivity index (χ4v) is 3.67. The first-order valence-electron chi connectivity index (χ1n) is 8.06. The van der Waals surface area contributed by atoms with Gasteiger partial charge in [0, 0.05) is 0 Å². The first-order valence-corrected chi connectivity index (χ1v) is 8.06. The Hall–Kier alpha value is -0.850. The molecule has 0 aliphatic heterocycles. The van der Waals surface area contributed by atoms with Gasteiger partial charge in [0.1, 0.15) is 0 Å². The molecule has 19 heavy (non-hydrogen) atoms. The molecule has 0 aromatic rings. The lowest BCUT2D eigenvalue weighted by Gasteiger charge is -2.23. The molecular weight excluding hydrogens is 232 g/mol. The summed E-state index contributed by atoms with van der Waals surface area (Å²) < 4.78 is 0. The highest BCUT2D eigenvalue weighted by atomic mass is 16.1. The largest absolute Gasteiger partial charge is 0.290 e. The topological polar surface area (TPSA) is 17.1 Å². The van der Waals surface area contributed by atoms with Gasteiger partial charge in [-0.1, -0.05) is 64.0 Å². The summed E-state index contributed by atoms with van der Waals surface area (Å²) in [6, 6.07) is 0. The van der Waals surface area contributed by atoms with Gasteiger partial charge in [-0.3, -0.25) is 4.79 Å². The van der Waals surface area contributed by atoms with Crippen LogP contribution in [0.2, 0.25) is 0 Å². The van der Waals surface area contributed by atoms with Crippen molar-refractivity contribution < 1.29 is 4.79 Å². The van der Waals surface area contributed by atoms with Gasteiger partial charge >= 0.3 is 0 Å². The Morgan fingerprint density at radius 2 is 1.95 bits per heavy atom. The SMILES string of the molecule is CCCCCCCCC1(C)CC2=CC(=O)C=CC2C1. The number of rotatable bonds is 7. The van der Waals surface area contributed by atoms with Crippen LogP contribution in [0.25, 0.3) is 0 Å². The molecule has 0 radical (unpaired) electrons. The monoisotopic (exact) mass is 260 g/mol. The molecule has 0 N–H and O–H groups in total. The maximum atomic E-state index is 11.4. The molecule has 0 bridgehead atoms. The summed E-state index contributed by atoms with van der Waals surface area (Å²) >= 11 is 0. The average molecular weight is 260 g/mol. The van der Waals surface area contributed by atoms with Crippen molar-refractivity contribution in [1.82, 2.24) is 0 Å². The van der Waals surface area contributed by atoms with Gasteiger partial charge in [-0.05, 0) is 42.7 Å². The molecule has 2 aliphatic carbocycles. The lowest BCUT2D eigenvalue weighted by molar-refractivity contribution is -0.110. The number of unbranched alkanes of at least 4 members (excludes halogenated alkanes) is 5. The van der Waals surface area contributed by atoms with Crippen LogP contribution in [0, 0.1) is 11.3 Å². The van der Waals surface area contributed by atoms with Crippen LogP contribution in [0.3, 0.4) is 0 Å². The van der Waals surface area contributed by atoms with E-state index in [0.29, 0.717) is 11.3 Å². The second-order valence-corrected chi connectivity index (χ2v) is 6.80. The second-order valence-electron chi connectivity index (χ2n) is 6.80. The van der Waals surface area contributed by atoms with Crippen molar-refractivity contribution in [3.63, 3.8) is 0 Å². The number of hydrogen-bond donors (Lipinski definition) is 0. The molecule has 2 rings (SSSR count). The van der Waals surface area contributed by atoms with Crippen LogP contribution in [0.4, 0.5) is 0 Å². The molecule has 106 valence electrons. The molecular formula is C18H28O. The first-order chi connectivity index (χ1) is 9.13. The molecule has 0 heterocycles. The predicted molar refractivity (Wildman–Crippen MR) is 81.1 cm³/mol. The zero-order valence-electron chi connectivity index (χ0n) is 12.6. The van der Waals surface area contributed by atoms with E-state index in [1.165, 1.54) is 56.9 Å². The van der Waals surface area contributed by atoms with Crippen molar-refractivity contribution in [3.8, 4) is 0 Å². The molecule has 1 heteroatoms. The number of carbonyl (C=O) groups is 1. The van der Waals surface area contributed by atoms with E-state index in [1.807, 2.05) is 6.08 Å². The molecule has 2 atom stereocenters. The lowest BCUT2D eigenvalue weighted by Crippen LogP contribution is -2.11. The summed E-state index contributed by atoms with van der Waals surface area (Å²) in [7, 11) is 0. The van der Waals surface area contributed by atoms with Crippen molar-refractivity contribution in [2.75, 3.05) is 0 Å². The Morgan fingerprint density at radius 1 is 1.21 bits per heavy atom. The van der Waals surface area contributed by atoms with Gasteiger partial charge in [-0.15, -0.1) is 0 Å². The van der Waals surface area contributed by atoms with Crippen LogP contribution in [0.5, 0.6) is 0 Å². The Bertz CT molecular complexity index is 377. The van der Waals surface area contributed by atoms with Crippen molar-refractivity contribution in [3.05, 3.63) is 23.8 Å². The molecule has 1 fully saturated rings. The third-order valence-electron chi connectivity index (χ3n) is 4.77. The van der Waals surface area contributed by atoms with E-state index in [4.69, 9.17) is 0 Å². The molecule has 0 saturated heterocycles. The molecule has 0 spiro atoms. The van der Waals surface area contributed by atoms with Gasteiger partial charge < -0.3 is 0 Å². The van der Waals surface area contributed by atoms with Crippen molar-refractivity contribution >= 4 is 5.78 Å². The number of hydrogen-bond acceptors (Lipinski definition) is 1. The smallest absolute Gasteiger partial charge is 0.178 e. The fraction of sp³-hybridized carbons (Fsp3) is 0.722. The Morgan fingerprint density at radius 3 is 2.74 bits per heavy atom. The van der Waals surface area contributed by atoms with Crippen LogP contribution >= 0.6 is 0 Å². The normalized spacial score (nSPS) is 29.5. The van der Waals surface area contributed by atoms with Gasteiger partial charge in [0.25, 0.3) is 0 Å². The molecule has 2 unspecified atom stereocenters. The summed E-state index contributed by atoms with van der Waals surface area (Å²) in [5, 5.41) is 0. The van der Waals surface area contributed by atoms with Gasteiger partial charge in [0.2, 0.25) is 0 Å². The maximum absolute atomic E-state index is 11.4. The quantitative estimate of drug-likeness (QED) is 0.574. The highest BCUT2D eigenvalue weighted by molar-refractivity contribution is 6.00. The summed E-state index contributed by atoms with van der Waals surface area (Å²) in [5.41, 5.74) is 1.83. The predicted octanol–water partition coefficient (Wildman–Crippen LogP) is 5.22. The van der Waals surface area contributed by atoms with E-state index in [-0.39, 0.29) is 5.78 Å². The number of ketones is 1. The van der Waals surface area contributed by atoms with Gasteiger partial charge in [-0.2, -0.15) is 0 Å². The summed E-state index contributed by atoms with van der Waals surface area (Å²) in [4.78, 5) is 11.4. The van der Waals surface area contributed by atoms with Crippen LogP contribution in [0.1, 0.15) is 71.6 Å². The van der Waals surface area contributed by atoms with E-state index in [0.717, 1.165) is 6.42 Å². The van der Waals surface area contributed by atoms with Crippen molar-refractivity contribution in [1.29, 1.82) is 0 Å². The van der Waals surface area contributed by atoms with Crippen molar-refractivity contribution in [2.45, 2.75) is 71.6 Å². The molecule has 1 nitrogen and oxygen atoms in total. The molecule has 2 aliphatic rings. The van der Waals surface area contributed by atoms with Crippen LogP contribution in [-0.2, 0) is 4.79 Å². The highest BCUT2D eigenvalue weighted by Crippen LogP contribution is 2.49. The first kappa shape index (κ1) is 14.6. The Kier molecular flexibility index (Phi) is 5.01. The number of fused-ring (bicyclic) bond motifs is 1. The lowest BCUT2D eigenvalue weighted by atomic mass is 9.82. The van der Waals surface area contributed by atoms with Crippen LogP contribution in [-0.4, -0.2) is 5.78 Å².